The molecule has 0 bridgehead atoms. The molecular weight excluding hydrogens is 208 g/mol. The predicted molar refractivity (Wildman–Crippen MR) is 74.5 cm³/mol. The molecule has 1 aliphatic rings. The highest BCUT2D eigenvalue weighted by Gasteiger charge is 2.20. The number of para-hydroxylation sites is 1. The van der Waals surface area contributed by atoms with Gasteiger partial charge in [-0.2, -0.15) is 0 Å². The van der Waals surface area contributed by atoms with Gasteiger partial charge in [-0.05, 0) is 51.3 Å². The molecule has 1 N–H and O–H groups in total. The quantitative estimate of drug-likeness (QED) is 0.858. The third-order valence-electron chi connectivity index (χ3n) is 3.71. The standard InChI is InChI=1S/C15H24N2/c1-3-17(15-7-5-4-6-8-15)12-14-9-10-16-13(2)11-14/h4-8,13-14,16H,3,9-12H2,1-2H3. The fourth-order valence-corrected chi connectivity index (χ4v) is 2.77. The third-order valence-corrected chi connectivity index (χ3v) is 3.71. The van der Waals surface area contributed by atoms with E-state index >= 15 is 0 Å². The van der Waals surface area contributed by atoms with Crippen LogP contribution in [0.3, 0.4) is 0 Å². The normalized spacial score (nSPS) is 24.6. The molecule has 1 fully saturated rings. The van der Waals surface area contributed by atoms with Crippen molar-refractivity contribution in [1.29, 1.82) is 0 Å². The maximum absolute atomic E-state index is 3.52. The summed E-state index contributed by atoms with van der Waals surface area (Å²) in [5.41, 5.74) is 1.36. The summed E-state index contributed by atoms with van der Waals surface area (Å²) in [6.07, 6.45) is 2.62. The maximum Gasteiger partial charge on any atom is 0.0366 e. The number of hydrogen-bond donors (Lipinski definition) is 1. The van der Waals surface area contributed by atoms with Crippen molar-refractivity contribution in [3.63, 3.8) is 0 Å². The Bertz CT molecular complexity index is 323. The third kappa shape index (κ3) is 3.47. The minimum atomic E-state index is 0.684. The molecule has 1 aromatic rings. The Morgan fingerprint density at radius 3 is 2.71 bits per heavy atom. The lowest BCUT2D eigenvalue weighted by Crippen LogP contribution is -2.40. The zero-order valence-corrected chi connectivity index (χ0v) is 11.0. The molecule has 0 amide bonds. The second-order valence-corrected chi connectivity index (χ2v) is 5.12. The molecule has 2 unspecified atom stereocenters. The van der Waals surface area contributed by atoms with Crippen LogP contribution in [0.25, 0.3) is 0 Å². The maximum atomic E-state index is 3.52. The molecule has 17 heavy (non-hydrogen) atoms. The molecule has 1 aliphatic heterocycles. The molecular formula is C15H24N2. The zero-order chi connectivity index (χ0) is 12.1. The Morgan fingerprint density at radius 2 is 2.06 bits per heavy atom. The molecule has 2 heteroatoms. The van der Waals surface area contributed by atoms with E-state index in [0.29, 0.717) is 6.04 Å². The molecule has 1 aromatic carbocycles. The first kappa shape index (κ1) is 12.4. The van der Waals surface area contributed by atoms with Gasteiger partial charge in [-0.1, -0.05) is 18.2 Å². The highest BCUT2D eigenvalue weighted by molar-refractivity contribution is 5.45. The lowest BCUT2D eigenvalue weighted by Gasteiger charge is -2.33. The minimum absolute atomic E-state index is 0.684. The van der Waals surface area contributed by atoms with Gasteiger partial charge >= 0.3 is 0 Å². The number of piperidine rings is 1. The molecule has 2 atom stereocenters. The van der Waals surface area contributed by atoms with Gasteiger partial charge in [0.25, 0.3) is 0 Å². The number of nitrogens with one attached hydrogen (secondary N) is 1. The van der Waals surface area contributed by atoms with Crippen LogP contribution in [0.1, 0.15) is 26.7 Å². The van der Waals surface area contributed by atoms with Gasteiger partial charge in [0.1, 0.15) is 0 Å². The fourth-order valence-electron chi connectivity index (χ4n) is 2.77. The van der Waals surface area contributed by atoms with Gasteiger partial charge in [0.05, 0.1) is 0 Å². The molecule has 0 aromatic heterocycles. The molecule has 0 spiro atoms. The molecule has 2 rings (SSSR count). The summed E-state index contributed by atoms with van der Waals surface area (Å²) < 4.78 is 0. The summed E-state index contributed by atoms with van der Waals surface area (Å²) in [6.45, 7) is 8.02. The van der Waals surface area contributed by atoms with Crippen LogP contribution in [0.15, 0.2) is 30.3 Å². The van der Waals surface area contributed by atoms with Gasteiger partial charge in [-0.25, -0.2) is 0 Å². The Morgan fingerprint density at radius 1 is 1.29 bits per heavy atom. The van der Waals surface area contributed by atoms with Gasteiger partial charge in [0.2, 0.25) is 0 Å². The molecule has 0 saturated carbocycles. The Labute approximate surface area is 105 Å². The van der Waals surface area contributed by atoms with Crippen LogP contribution in [-0.2, 0) is 0 Å². The van der Waals surface area contributed by atoms with Crippen molar-refractivity contribution < 1.29 is 0 Å². The van der Waals surface area contributed by atoms with Crippen molar-refractivity contribution >= 4 is 5.69 Å². The molecule has 0 radical (unpaired) electrons. The summed E-state index contributed by atoms with van der Waals surface area (Å²) in [6, 6.07) is 11.5. The van der Waals surface area contributed by atoms with E-state index in [1.807, 2.05) is 0 Å². The lowest BCUT2D eigenvalue weighted by molar-refractivity contribution is 0.317. The van der Waals surface area contributed by atoms with Gasteiger partial charge in [0, 0.05) is 24.8 Å². The SMILES string of the molecule is CCN(CC1CCNC(C)C1)c1ccccc1. The average molecular weight is 232 g/mol. The molecule has 2 nitrogen and oxygen atoms in total. The molecule has 0 aliphatic carbocycles. The largest absolute Gasteiger partial charge is 0.372 e. The average Bonchev–Trinajstić information content (AvgIpc) is 2.37. The smallest absolute Gasteiger partial charge is 0.0366 e. The first-order valence-electron chi connectivity index (χ1n) is 6.83. The number of anilines is 1. The summed E-state index contributed by atoms with van der Waals surface area (Å²) in [5, 5.41) is 3.52. The Balaban J connectivity index is 1.95. The molecule has 1 heterocycles. The van der Waals surface area contributed by atoms with Gasteiger partial charge in [-0.15, -0.1) is 0 Å². The van der Waals surface area contributed by atoms with Crippen LogP contribution in [0.4, 0.5) is 5.69 Å². The number of hydrogen-bond acceptors (Lipinski definition) is 2. The van der Waals surface area contributed by atoms with Crippen LogP contribution in [-0.4, -0.2) is 25.7 Å². The van der Waals surface area contributed by atoms with E-state index in [1.165, 1.54) is 31.6 Å². The minimum Gasteiger partial charge on any atom is -0.372 e. The van der Waals surface area contributed by atoms with E-state index in [-0.39, 0.29) is 0 Å². The van der Waals surface area contributed by atoms with Crippen molar-refractivity contribution in [2.24, 2.45) is 5.92 Å². The van der Waals surface area contributed by atoms with Crippen LogP contribution in [0.5, 0.6) is 0 Å². The van der Waals surface area contributed by atoms with Crippen LogP contribution >= 0.6 is 0 Å². The fraction of sp³-hybridized carbons (Fsp3) is 0.600. The first-order valence-corrected chi connectivity index (χ1v) is 6.83. The second kappa shape index (κ2) is 6.06. The summed E-state index contributed by atoms with van der Waals surface area (Å²) in [4.78, 5) is 2.50. The van der Waals surface area contributed by atoms with E-state index in [0.717, 1.165) is 12.5 Å². The molecule has 1 saturated heterocycles. The Hall–Kier alpha value is -1.02. The van der Waals surface area contributed by atoms with Crippen LogP contribution in [0.2, 0.25) is 0 Å². The second-order valence-electron chi connectivity index (χ2n) is 5.12. The van der Waals surface area contributed by atoms with E-state index in [9.17, 15) is 0 Å². The summed E-state index contributed by atoms with van der Waals surface area (Å²) in [5.74, 6) is 0.839. The Kier molecular flexibility index (Phi) is 4.43. The van der Waals surface area contributed by atoms with E-state index in [4.69, 9.17) is 0 Å². The van der Waals surface area contributed by atoms with E-state index < -0.39 is 0 Å². The number of nitrogens with zero attached hydrogens (tertiary/aromatic N) is 1. The van der Waals surface area contributed by atoms with E-state index in [1.54, 1.807) is 0 Å². The van der Waals surface area contributed by atoms with E-state index in [2.05, 4.69) is 54.4 Å². The van der Waals surface area contributed by atoms with Gasteiger partial charge in [0.15, 0.2) is 0 Å². The monoisotopic (exact) mass is 232 g/mol. The highest BCUT2D eigenvalue weighted by Crippen LogP contribution is 2.21. The van der Waals surface area contributed by atoms with Crippen LogP contribution in [0, 0.1) is 5.92 Å². The van der Waals surface area contributed by atoms with Gasteiger partial charge < -0.3 is 10.2 Å². The van der Waals surface area contributed by atoms with Crippen molar-refractivity contribution in [2.45, 2.75) is 32.7 Å². The number of benzene rings is 1. The summed E-state index contributed by atoms with van der Waals surface area (Å²) in [7, 11) is 0. The summed E-state index contributed by atoms with van der Waals surface area (Å²) >= 11 is 0. The van der Waals surface area contributed by atoms with Crippen molar-refractivity contribution in [3.8, 4) is 0 Å². The van der Waals surface area contributed by atoms with Crippen molar-refractivity contribution in [1.82, 2.24) is 5.32 Å². The first-order chi connectivity index (χ1) is 8.29. The highest BCUT2D eigenvalue weighted by atomic mass is 15.1. The van der Waals surface area contributed by atoms with Gasteiger partial charge in [-0.3, -0.25) is 0 Å². The lowest BCUT2D eigenvalue weighted by atomic mass is 9.92. The zero-order valence-electron chi connectivity index (χ0n) is 11.0. The predicted octanol–water partition coefficient (Wildman–Crippen LogP) is 2.90. The molecule has 94 valence electrons. The topological polar surface area (TPSA) is 15.3 Å². The van der Waals surface area contributed by atoms with Crippen molar-refractivity contribution in [2.75, 3.05) is 24.5 Å². The van der Waals surface area contributed by atoms with Crippen LogP contribution < -0.4 is 10.2 Å². The van der Waals surface area contributed by atoms with Crippen molar-refractivity contribution in [3.05, 3.63) is 30.3 Å². The number of rotatable bonds is 4.